The second-order valence-electron chi connectivity index (χ2n) is 5.45. The average molecular weight is 286 g/mol. The van der Waals surface area contributed by atoms with Crippen molar-refractivity contribution in [3.63, 3.8) is 0 Å². The highest BCUT2D eigenvalue weighted by Crippen LogP contribution is 2.36. The third-order valence-electron chi connectivity index (χ3n) is 4.10. The van der Waals surface area contributed by atoms with Crippen molar-refractivity contribution in [2.45, 2.75) is 37.0 Å². The van der Waals surface area contributed by atoms with Crippen molar-refractivity contribution in [1.82, 2.24) is 15.0 Å². The van der Waals surface area contributed by atoms with Gasteiger partial charge in [0.2, 0.25) is 0 Å². The summed E-state index contributed by atoms with van der Waals surface area (Å²) in [5.41, 5.74) is 3.83. The minimum Gasteiger partial charge on any atom is -0.336 e. The van der Waals surface area contributed by atoms with E-state index in [0.717, 1.165) is 25.0 Å². The van der Waals surface area contributed by atoms with E-state index >= 15 is 0 Å². The van der Waals surface area contributed by atoms with Crippen LogP contribution < -0.4 is 11.3 Å². The maximum atomic E-state index is 11.7. The molecule has 1 aromatic rings. The number of hydrogen-bond donors (Lipinski definition) is 2. The predicted molar refractivity (Wildman–Crippen MR) is 73.9 cm³/mol. The molecule has 0 spiro atoms. The Morgan fingerprint density at radius 1 is 1.53 bits per heavy atom. The summed E-state index contributed by atoms with van der Waals surface area (Å²) in [6.45, 7) is 0. The van der Waals surface area contributed by atoms with Crippen molar-refractivity contribution in [3.05, 3.63) is 18.2 Å². The normalized spacial score (nSPS) is 26.3. The van der Waals surface area contributed by atoms with Gasteiger partial charge in [-0.3, -0.25) is 11.3 Å². The van der Waals surface area contributed by atoms with Crippen LogP contribution in [0.25, 0.3) is 0 Å². The maximum Gasteiger partial charge on any atom is 0.150 e. The topological polar surface area (TPSA) is 90.0 Å². The zero-order valence-electron chi connectivity index (χ0n) is 11.4. The molecule has 2 rings (SSSR count). The van der Waals surface area contributed by atoms with Crippen molar-refractivity contribution in [2.24, 2.45) is 18.8 Å². The van der Waals surface area contributed by atoms with Crippen molar-refractivity contribution in [2.75, 3.05) is 6.26 Å². The molecule has 1 aliphatic rings. The predicted octanol–water partition coefficient (Wildman–Crippen LogP) is 0.528. The Morgan fingerprint density at radius 3 is 2.79 bits per heavy atom. The summed E-state index contributed by atoms with van der Waals surface area (Å²) >= 11 is 0. The molecule has 19 heavy (non-hydrogen) atoms. The molecule has 1 heterocycles. The molecule has 0 aliphatic heterocycles. The highest BCUT2D eigenvalue weighted by Gasteiger charge is 2.34. The molecule has 1 aromatic heterocycles. The van der Waals surface area contributed by atoms with Gasteiger partial charge in [0.05, 0.1) is 23.3 Å². The summed E-state index contributed by atoms with van der Waals surface area (Å²) < 4.78 is 25.4. The molecule has 3 N–H and O–H groups in total. The van der Waals surface area contributed by atoms with E-state index in [0.29, 0.717) is 6.42 Å². The van der Waals surface area contributed by atoms with Crippen LogP contribution in [0.2, 0.25) is 0 Å². The Balaban J connectivity index is 2.18. The number of hydrogen-bond acceptors (Lipinski definition) is 5. The van der Waals surface area contributed by atoms with E-state index in [4.69, 9.17) is 5.84 Å². The van der Waals surface area contributed by atoms with Crippen molar-refractivity contribution in [1.29, 1.82) is 0 Å². The number of nitrogens with one attached hydrogen (secondary N) is 1. The SMILES string of the molecule is Cn1cncc1C(NN)C1CCCC(S(C)(=O)=O)C1. The van der Waals surface area contributed by atoms with E-state index in [-0.39, 0.29) is 17.2 Å². The van der Waals surface area contributed by atoms with E-state index in [2.05, 4.69) is 10.4 Å². The summed E-state index contributed by atoms with van der Waals surface area (Å²) in [5, 5.41) is -0.240. The van der Waals surface area contributed by atoms with Crippen LogP contribution in [0.1, 0.15) is 37.4 Å². The third kappa shape index (κ3) is 3.16. The molecule has 3 unspecified atom stereocenters. The van der Waals surface area contributed by atoms with E-state index < -0.39 is 9.84 Å². The molecular weight excluding hydrogens is 264 g/mol. The van der Waals surface area contributed by atoms with Gasteiger partial charge in [-0.05, 0) is 25.2 Å². The lowest BCUT2D eigenvalue weighted by Gasteiger charge is -2.33. The van der Waals surface area contributed by atoms with Gasteiger partial charge < -0.3 is 4.57 Å². The Bertz CT molecular complexity index is 526. The lowest BCUT2D eigenvalue weighted by molar-refractivity contribution is 0.267. The van der Waals surface area contributed by atoms with Gasteiger partial charge in [0, 0.05) is 19.5 Å². The van der Waals surface area contributed by atoms with Gasteiger partial charge in [-0.2, -0.15) is 0 Å². The largest absolute Gasteiger partial charge is 0.336 e. The molecular formula is C12H22N4O2S. The Morgan fingerprint density at radius 2 is 2.26 bits per heavy atom. The van der Waals surface area contributed by atoms with Gasteiger partial charge in [0.15, 0.2) is 0 Å². The lowest BCUT2D eigenvalue weighted by atomic mass is 9.82. The molecule has 1 saturated carbocycles. The van der Waals surface area contributed by atoms with Crippen LogP contribution in [0.15, 0.2) is 12.5 Å². The number of nitrogens with two attached hydrogens (primary N) is 1. The highest BCUT2D eigenvalue weighted by atomic mass is 32.2. The van der Waals surface area contributed by atoms with E-state index in [1.807, 2.05) is 11.6 Å². The van der Waals surface area contributed by atoms with Crippen LogP contribution in [0.5, 0.6) is 0 Å². The number of rotatable bonds is 4. The number of imidazole rings is 1. The first kappa shape index (κ1) is 14.5. The standard InChI is InChI=1S/C12H22N4O2S/c1-16-8-14-7-11(16)12(15-13)9-4-3-5-10(6-9)19(2,17)18/h7-10,12,15H,3-6,13H2,1-2H3. The summed E-state index contributed by atoms with van der Waals surface area (Å²) in [4.78, 5) is 4.10. The van der Waals surface area contributed by atoms with E-state index in [1.165, 1.54) is 6.26 Å². The average Bonchev–Trinajstić information content (AvgIpc) is 2.76. The molecule has 108 valence electrons. The van der Waals surface area contributed by atoms with Crippen molar-refractivity contribution < 1.29 is 8.42 Å². The number of aromatic nitrogens is 2. The zero-order chi connectivity index (χ0) is 14.0. The van der Waals surface area contributed by atoms with Gasteiger partial charge >= 0.3 is 0 Å². The molecule has 7 heteroatoms. The molecule has 0 saturated heterocycles. The van der Waals surface area contributed by atoms with Crippen LogP contribution in [0.3, 0.4) is 0 Å². The summed E-state index contributed by atoms with van der Waals surface area (Å²) in [6.07, 6.45) is 8.20. The maximum absolute atomic E-state index is 11.7. The monoisotopic (exact) mass is 286 g/mol. The number of aryl methyl sites for hydroxylation is 1. The quantitative estimate of drug-likeness (QED) is 0.622. The van der Waals surface area contributed by atoms with Gasteiger partial charge in [-0.25, -0.2) is 13.4 Å². The zero-order valence-corrected chi connectivity index (χ0v) is 12.2. The molecule has 0 amide bonds. The van der Waals surface area contributed by atoms with Crippen LogP contribution in [0, 0.1) is 5.92 Å². The van der Waals surface area contributed by atoms with Crippen molar-refractivity contribution >= 4 is 9.84 Å². The minimum atomic E-state index is -2.97. The fourth-order valence-electron chi connectivity index (χ4n) is 3.00. The fraction of sp³-hybridized carbons (Fsp3) is 0.750. The van der Waals surface area contributed by atoms with E-state index in [9.17, 15) is 8.42 Å². The number of hydrazine groups is 1. The first-order valence-corrected chi connectivity index (χ1v) is 8.50. The lowest BCUT2D eigenvalue weighted by Crippen LogP contribution is -2.39. The number of sulfone groups is 1. The molecule has 0 radical (unpaired) electrons. The van der Waals surface area contributed by atoms with Crippen LogP contribution >= 0.6 is 0 Å². The highest BCUT2D eigenvalue weighted by molar-refractivity contribution is 7.91. The Hall–Kier alpha value is -0.920. The van der Waals surface area contributed by atoms with Gasteiger partial charge in [-0.1, -0.05) is 6.42 Å². The van der Waals surface area contributed by atoms with Crippen LogP contribution in [0.4, 0.5) is 0 Å². The first-order valence-electron chi connectivity index (χ1n) is 6.54. The third-order valence-corrected chi connectivity index (χ3v) is 5.73. The molecule has 0 aromatic carbocycles. The molecule has 1 fully saturated rings. The summed E-state index contributed by atoms with van der Waals surface area (Å²) in [7, 11) is -1.05. The van der Waals surface area contributed by atoms with Crippen LogP contribution in [-0.4, -0.2) is 29.5 Å². The van der Waals surface area contributed by atoms with Gasteiger partial charge in [-0.15, -0.1) is 0 Å². The summed E-state index contributed by atoms with van der Waals surface area (Å²) in [6, 6.07) is -0.0444. The molecule has 0 bridgehead atoms. The molecule has 6 nitrogen and oxygen atoms in total. The molecule has 1 aliphatic carbocycles. The van der Waals surface area contributed by atoms with E-state index in [1.54, 1.807) is 12.5 Å². The Kier molecular flexibility index (Phi) is 4.27. The van der Waals surface area contributed by atoms with Crippen molar-refractivity contribution in [3.8, 4) is 0 Å². The van der Waals surface area contributed by atoms with Gasteiger partial charge in [0.25, 0.3) is 0 Å². The number of nitrogens with zero attached hydrogens (tertiary/aromatic N) is 2. The fourth-order valence-corrected chi connectivity index (χ4v) is 4.19. The summed E-state index contributed by atoms with van der Waals surface area (Å²) in [5.74, 6) is 5.91. The first-order chi connectivity index (χ1) is 8.93. The Labute approximate surface area is 114 Å². The van der Waals surface area contributed by atoms with Crippen LogP contribution in [-0.2, 0) is 16.9 Å². The smallest absolute Gasteiger partial charge is 0.150 e. The minimum absolute atomic E-state index is 0.0444. The molecule has 3 atom stereocenters. The second kappa shape index (κ2) is 5.60. The second-order valence-corrected chi connectivity index (χ2v) is 7.78. The van der Waals surface area contributed by atoms with Gasteiger partial charge in [0.1, 0.15) is 9.84 Å².